The Labute approximate surface area is 298 Å². The van der Waals surface area contributed by atoms with Gasteiger partial charge >= 0.3 is 11.9 Å². The molecule has 3 aromatic carbocycles. The summed E-state index contributed by atoms with van der Waals surface area (Å²) in [6, 6.07) is 19.4. The molecule has 1 aliphatic heterocycles. The van der Waals surface area contributed by atoms with E-state index in [4.69, 9.17) is 14.5 Å². The third-order valence-electron chi connectivity index (χ3n) is 9.95. The Balaban J connectivity index is 1.54. The summed E-state index contributed by atoms with van der Waals surface area (Å²) >= 11 is 0. The Morgan fingerprint density at radius 3 is 1.62 bits per heavy atom. The number of aromatic nitrogens is 1. The number of aromatic amines is 1. The maximum Gasteiger partial charge on any atom is 0.345 e. The Morgan fingerprint density at radius 2 is 1.16 bits per heavy atom. The van der Waals surface area contributed by atoms with E-state index in [1.54, 1.807) is 0 Å². The number of hydrogen-bond donors (Lipinski definition) is 1. The van der Waals surface area contributed by atoms with Crippen molar-refractivity contribution in [3.63, 3.8) is 0 Å². The van der Waals surface area contributed by atoms with Crippen molar-refractivity contribution in [3.05, 3.63) is 128 Å². The topological polar surface area (TPSA) is 80.8 Å². The number of benzene rings is 3. The maximum atomic E-state index is 13.8. The number of rotatable bonds is 7. The monoisotopic (exact) mass is 672 g/mol. The predicted octanol–water partition coefficient (Wildman–Crippen LogP) is 10.3. The summed E-state index contributed by atoms with van der Waals surface area (Å²) in [6.45, 7) is 26.9. The Hall–Kier alpha value is -4.71. The largest absolute Gasteiger partial charge is 0.423 e. The highest BCUT2D eigenvalue weighted by Gasteiger charge is 2.39. The zero-order valence-corrected chi connectivity index (χ0v) is 32.0. The SMILES string of the molecule is CC1=NC(C(c2[nH]c(C)c(C(=O)Oc3ccc(C(C)(C)C)cc3)c2C)c2c(C)cc(C)cc2C)C(C)=C1C(=O)Oc1ccc(C(C)(C)C)cc1. The summed E-state index contributed by atoms with van der Waals surface area (Å²) < 4.78 is 11.9. The van der Waals surface area contributed by atoms with E-state index >= 15 is 0 Å². The van der Waals surface area contributed by atoms with Crippen molar-refractivity contribution in [2.75, 3.05) is 0 Å². The van der Waals surface area contributed by atoms with E-state index in [-0.39, 0.29) is 16.7 Å². The van der Waals surface area contributed by atoms with Crippen molar-refractivity contribution in [1.29, 1.82) is 0 Å². The van der Waals surface area contributed by atoms with Crippen molar-refractivity contribution in [2.24, 2.45) is 4.99 Å². The number of carbonyl (C=O) groups is 2. The lowest BCUT2D eigenvalue weighted by Gasteiger charge is -2.27. The number of esters is 2. The molecule has 0 fully saturated rings. The van der Waals surface area contributed by atoms with Gasteiger partial charge in [0, 0.05) is 17.1 Å². The van der Waals surface area contributed by atoms with Crippen LogP contribution in [0.2, 0.25) is 0 Å². The third kappa shape index (κ3) is 7.26. The molecule has 262 valence electrons. The summed E-state index contributed by atoms with van der Waals surface area (Å²) in [7, 11) is 0. The van der Waals surface area contributed by atoms with Gasteiger partial charge in [-0.15, -0.1) is 0 Å². The second-order valence-corrected chi connectivity index (χ2v) is 16.0. The first-order valence-corrected chi connectivity index (χ1v) is 17.5. The highest BCUT2D eigenvalue weighted by Crippen LogP contribution is 2.43. The lowest BCUT2D eigenvalue weighted by molar-refractivity contribution is -0.129. The van der Waals surface area contributed by atoms with Crippen LogP contribution in [0.4, 0.5) is 0 Å². The first-order chi connectivity index (χ1) is 23.3. The molecule has 6 nitrogen and oxygen atoms in total. The average Bonchev–Trinajstić information content (AvgIpc) is 3.47. The minimum Gasteiger partial charge on any atom is -0.423 e. The minimum atomic E-state index is -0.424. The molecular formula is C44H52N2O4. The van der Waals surface area contributed by atoms with Crippen LogP contribution in [0.15, 0.2) is 76.8 Å². The van der Waals surface area contributed by atoms with Crippen LogP contribution in [-0.4, -0.2) is 28.7 Å². The lowest BCUT2D eigenvalue weighted by Crippen LogP contribution is -2.23. The zero-order chi connectivity index (χ0) is 36.9. The van der Waals surface area contributed by atoms with Gasteiger partial charge in [-0.2, -0.15) is 0 Å². The van der Waals surface area contributed by atoms with Crippen LogP contribution in [0.3, 0.4) is 0 Å². The van der Waals surface area contributed by atoms with E-state index in [1.165, 1.54) is 5.56 Å². The minimum absolute atomic E-state index is 0.00549. The normalized spacial score (nSPS) is 15.6. The van der Waals surface area contributed by atoms with Crippen LogP contribution in [0, 0.1) is 34.6 Å². The quantitative estimate of drug-likeness (QED) is 0.157. The number of aliphatic imine (C=N–C) groups is 1. The molecule has 0 aliphatic carbocycles. The second-order valence-electron chi connectivity index (χ2n) is 16.0. The third-order valence-corrected chi connectivity index (χ3v) is 9.95. The van der Waals surface area contributed by atoms with Gasteiger partial charge in [-0.3, -0.25) is 4.99 Å². The maximum absolute atomic E-state index is 13.8. The Kier molecular flexibility index (Phi) is 9.90. The van der Waals surface area contributed by atoms with Gasteiger partial charge in [0.05, 0.1) is 23.1 Å². The number of ether oxygens (including phenoxy) is 2. The predicted molar refractivity (Wildman–Crippen MR) is 203 cm³/mol. The van der Waals surface area contributed by atoms with E-state index in [0.29, 0.717) is 28.3 Å². The van der Waals surface area contributed by atoms with Crippen molar-refractivity contribution >= 4 is 17.7 Å². The molecule has 0 saturated carbocycles. The van der Waals surface area contributed by atoms with E-state index in [0.717, 1.165) is 50.3 Å². The number of aryl methyl sites for hydroxylation is 4. The second kappa shape index (κ2) is 13.5. The summed E-state index contributed by atoms with van der Waals surface area (Å²) in [5.74, 6) is -0.145. The van der Waals surface area contributed by atoms with Crippen molar-refractivity contribution in [1.82, 2.24) is 4.98 Å². The fourth-order valence-corrected chi connectivity index (χ4v) is 7.33. The molecule has 6 heteroatoms. The molecule has 0 amide bonds. The van der Waals surface area contributed by atoms with Crippen molar-refractivity contribution in [3.8, 4) is 11.5 Å². The number of H-pyrrole nitrogens is 1. The molecule has 1 aliphatic rings. The fraction of sp³-hybridized carbons (Fsp3) is 0.386. The number of hydrogen-bond acceptors (Lipinski definition) is 5. The number of nitrogens with one attached hydrogen (secondary N) is 1. The van der Waals surface area contributed by atoms with Gasteiger partial charge in [0.15, 0.2) is 0 Å². The number of carbonyl (C=O) groups excluding carboxylic acids is 2. The summed E-state index contributed by atoms with van der Waals surface area (Å²) in [5.41, 5.74) is 11.7. The van der Waals surface area contributed by atoms with E-state index in [1.807, 2.05) is 76.2 Å². The van der Waals surface area contributed by atoms with Crippen LogP contribution in [0.1, 0.15) is 122 Å². The molecule has 2 unspecified atom stereocenters. The summed E-state index contributed by atoms with van der Waals surface area (Å²) in [6.07, 6.45) is 0. The van der Waals surface area contributed by atoms with Crippen LogP contribution in [0.25, 0.3) is 0 Å². The molecule has 4 aromatic rings. The Bertz CT molecular complexity index is 1990. The van der Waals surface area contributed by atoms with E-state index in [9.17, 15) is 9.59 Å². The first kappa shape index (κ1) is 36.6. The van der Waals surface area contributed by atoms with Gasteiger partial charge in [-0.1, -0.05) is 83.5 Å². The highest BCUT2D eigenvalue weighted by molar-refractivity contribution is 6.21. The van der Waals surface area contributed by atoms with Gasteiger partial charge in [0.2, 0.25) is 0 Å². The zero-order valence-electron chi connectivity index (χ0n) is 32.0. The molecule has 5 rings (SSSR count). The highest BCUT2D eigenvalue weighted by atomic mass is 16.5. The summed E-state index contributed by atoms with van der Waals surface area (Å²) in [5, 5.41) is 0. The van der Waals surface area contributed by atoms with Gasteiger partial charge in [-0.25, -0.2) is 9.59 Å². The molecule has 0 spiro atoms. The van der Waals surface area contributed by atoms with Crippen LogP contribution >= 0.6 is 0 Å². The van der Waals surface area contributed by atoms with Gasteiger partial charge < -0.3 is 14.5 Å². The van der Waals surface area contributed by atoms with Crippen molar-refractivity contribution < 1.29 is 19.1 Å². The Morgan fingerprint density at radius 1 is 0.700 bits per heavy atom. The van der Waals surface area contributed by atoms with Crippen LogP contribution in [0.5, 0.6) is 11.5 Å². The molecule has 1 N–H and O–H groups in total. The molecule has 0 saturated heterocycles. The average molecular weight is 673 g/mol. The molecule has 0 bridgehead atoms. The van der Waals surface area contributed by atoms with E-state index in [2.05, 4.69) is 79.4 Å². The standard InChI is InChI=1S/C44H52N2O4/c1-24-22-25(2)35(26(3)23-24)38(39-27(4)36(29(6)45-39)41(47)49-33-18-14-31(15-19-33)43(8,9)10)40-28(5)37(30(7)46-40)42(48)50-34-20-16-32(17-21-34)44(11,12)13/h14-23,38-39,46H,1-13H3. The van der Waals surface area contributed by atoms with Gasteiger partial charge in [0.25, 0.3) is 0 Å². The fourth-order valence-electron chi connectivity index (χ4n) is 7.33. The molecule has 2 atom stereocenters. The molecule has 50 heavy (non-hydrogen) atoms. The first-order valence-electron chi connectivity index (χ1n) is 17.5. The van der Waals surface area contributed by atoms with Gasteiger partial charge in [0.1, 0.15) is 11.5 Å². The molecular weight excluding hydrogens is 620 g/mol. The number of nitrogens with zero attached hydrogens (tertiary/aromatic N) is 1. The lowest BCUT2D eigenvalue weighted by atomic mass is 9.79. The van der Waals surface area contributed by atoms with Crippen LogP contribution < -0.4 is 9.47 Å². The smallest absolute Gasteiger partial charge is 0.345 e. The molecule has 2 heterocycles. The molecule has 1 aromatic heterocycles. The van der Waals surface area contributed by atoms with Gasteiger partial charge in [-0.05, 0) is 123 Å². The van der Waals surface area contributed by atoms with E-state index < -0.39 is 18.0 Å². The molecule has 0 radical (unpaired) electrons. The summed E-state index contributed by atoms with van der Waals surface area (Å²) in [4.78, 5) is 36.3. The van der Waals surface area contributed by atoms with Crippen LogP contribution in [-0.2, 0) is 15.6 Å². The van der Waals surface area contributed by atoms with Crippen molar-refractivity contribution in [2.45, 2.75) is 113 Å².